The zero-order valence-corrected chi connectivity index (χ0v) is 17.5. The van der Waals surface area contributed by atoms with Crippen molar-refractivity contribution in [2.45, 2.75) is 33.6 Å². The van der Waals surface area contributed by atoms with Crippen molar-refractivity contribution in [3.05, 3.63) is 95.2 Å². The van der Waals surface area contributed by atoms with Gasteiger partial charge in [-0.2, -0.15) is 0 Å². The van der Waals surface area contributed by atoms with Crippen LogP contribution in [0.25, 0.3) is 22.0 Å². The highest BCUT2D eigenvalue weighted by atomic mass is 14.7. The second kappa shape index (κ2) is 8.48. The number of aromatic amines is 1. The Kier molecular flexibility index (Phi) is 5.62. The Morgan fingerprint density at radius 1 is 0.931 bits per heavy atom. The smallest absolute Gasteiger partial charge is 0.0456 e. The van der Waals surface area contributed by atoms with E-state index in [1.54, 1.807) is 0 Å². The average Bonchev–Trinajstić information content (AvgIpc) is 3.16. The molecule has 0 aliphatic heterocycles. The summed E-state index contributed by atoms with van der Waals surface area (Å²) in [5, 5.41) is 1.33. The summed E-state index contributed by atoms with van der Waals surface area (Å²) in [6, 6.07) is 24.0. The summed E-state index contributed by atoms with van der Waals surface area (Å²) in [4.78, 5) is 8.22. The number of H-pyrrole nitrogens is 1. The maximum atomic E-state index is 4.84. The summed E-state index contributed by atoms with van der Waals surface area (Å²) in [5.74, 6) is 0. The SMILES string of the molecule is CCc1ccc2[nH]cc(CCN=C(C)c3ccc(-c4cccc(C)c4)cc3)c2c1. The molecule has 0 spiro atoms. The number of fused-ring (bicyclic) bond motifs is 1. The topological polar surface area (TPSA) is 28.1 Å². The van der Waals surface area contributed by atoms with E-state index in [1.165, 1.54) is 44.3 Å². The highest BCUT2D eigenvalue weighted by molar-refractivity contribution is 5.99. The number of nitrogens with one attached hydrogen (secondary N) is 1. The number of aryl methyl sites for hydroxylation is 2. The van der Waals surface area contributed by atoms with E-state index in [9.17, 15) is 0 Å². The third-order valence-electron chi connectivity index (χ3n) is 5.62. The summed E-state index contributed by atoms with van der Waals surface area (Å²) >= 11 is 0. The monoisotopic (exact) mass is 380 g/mol. The van der Waals surface area contributed by atoms with Crippen LogP contribution in [0, 0.1) is 6.92 Å². The van der Waals surface area contributed by atoms with Gasteiger partial charge in [-0.25, -0.2) is 0 Å². The van der Waals surface area contributed by atoms with Crippen molar-refractivity contribution in [2.75, 3.05) is 6.54 Å². The van der Waals surface area contributed by atoms with Gasteiger partial charge in [0, 0.05) is 29.4 Å². The molecule has 0 unspecified atom stereocenters. The van der Waals surface area contributed by atoms with Gasteiger partial charge in [0.2, 0.25) is 0 Å². The van der Waals surface area contributed by atoms with E-state index >= 15 is 0 Å². The second-order valence-corrected chi connectivity index (χ2v) is 7.71. The molecule has 0 bridgehead atoms. The van der Waals surface area contributed by atoms with Gasteiger partial charge in [0.25, 0.3) is 0 Å². The summed E-state index contributed by atoms with van der Waals surface area (Å²) < 4.78 is 0. The van der Waals surface area contributed by atoms with E-state index in [-0.39, 0.29) is 0 Å². The molecular weight excluding hydrogens is 352 g/mol. The van der Waals surface area contributed by atoms with Crippen molar-refractivity contribution in [2.24, 2.45) is 4.99 Å². The van der Waals surface area contributed by atoms with Crippen LogP contribution in [0.1, 0.15) is 36.1 Å². The molecule has 2 heteroatoms. The molecular formula is C27H28N2. The first-order valence-corrected chi connectivity index (χ1v) is 10.4. The minimum Gasteiger partial charge on any atom is -0.361 e. The average molecular weight is 381 g/mol. The standard InChI is InChI=1S/C27H28N2/c1-4-21-8-13-27-26(17-21)25(18-29-27)14-15-28-20(3)22-9-11-23(12-10-22)24-7-5-6-19(2)16-24/h5-13,16-18,29H,4,14-15H2,1-3H3. The summed E-state index contributed by atoms with van der Waals surface area (Å²) in [6.45, 7) is 7.23. The molecule has 146 valence electrons. The van der Waals surface area contributed by atoms with Gasteiger partial charge in [0.1, 0.15) is 0 Å². The van der Waals surface area contributed by atoms with Gasteiger partial charge >= 0.3 is 0 Å². The lowest BCUT2D eigenvalue weighted by Gasteiger charge is -2.06. The Hall–Kier alpha value is -3.13. The minimum absolute atomic E-state index is 0.800. The molecule has 0 aliphatic carbocycles. The molecule has 1 N–H and O–H groups in total. The zero-order valence-electron chi connectivity index (χ0n) is 17.5. The summed E-state index contributed by atoms with van der Waals surface area (Å²) in [7, 11) is 0. The Morgan fingerprint density at radius 2 is 1.76 bits per heavy atom. The fourth-order valence-electron chi connectivity index (χ4n) is 3.82. The van der Waals surface area contributed by atoms with Crippen molar-refractivity contribution in [3.63, 3.8) is 0 Å². The fourth-order valence-corrected chi connectivity index (χ4v) is 3.82. The quantitative estimate of drug-likeness (QED) is 0.358. The van der Waals surface area contributed by atoms with Crippen LogP contribution in [0.5, 0.6) is 0 Å². The first-order chi connectivity index (χ1) is 14.1. The molecule has 29 heavy (non-hydrogen) atoms. The molecule has 0 atom stereocenters. The van der Waals surface area contributed by atoms with Crippen molar-refractivity contribution in [3.8, 4) is 11.1 Å². The van der Waals surface area contributed by atoms with E-state index in [0.717, 1.165) is 25.1 Å². The van der Waals surface area contributed by atoms with Gasteiger partial charge in [-0.05, 0) is 66.6 Å². The molecule has 2 nitrogen and oxygen atoms in total. The van der Waals surface area contributed by atoms with Crippen LogP contribution in [-0.4, -0.2) is 17.2 Å². The van der Waals surface area contributed by atoms with Gasteiger partial charge in [-0.15, -0.1) is 0 Å². The third kappa shape index (κ3) is 4.32. The highest BCUT2D eigenvalue weighted by Crippen LogP contribution is 2.22. The first kappa shape index (κ1) is 19.2. The number of nitrogens with zero attached hydrogens (tertiary/aromatic N) is 1. The highest BCUT2D eigenvalue weighted by Gasteiger charge is 2.05. The molecule has 0 aliphatic rings. The molecule has 1 heterocycles. The van der Waals surface area contributed by atoms with Crippen LogP contribution in [0.4, 0.5) is 0 Å². The second-order valence-electron chi connectivity index (χ2n) is 7.71. The van der Waals surface area contributed by atoms with Crippen LogP contribution in [0.3, 0.4) is 0 Å². The van der Waals surface area contributed by atoms with E-state index in [2.05, 4.69) is 98.7 Å². The number of hydrogen-bond acceptors (Lipinski definition) is 1. The predicted molar refractivity (Wildman–Crippen MR) is 125 cm³/mol. The predicted octanol–water partition coefficient (Wildman–Crippen LogP) is 6.76. The molecule has 0 amide bonds. The van der Waals surface area contributed by atoms with Gasteiger partial charge in [-0.1, -0.05) is 67.1 Å². The molecule has 0 fully saturated rings. The molecule has 0 saturated carbocycles. The molecule has 4 aromatic rings. The first-order valence-electron chi connectivity index (χ1n) is 10.4. The van der Waals surface area contributed by atoms with Crippen LogP contribution >= 0.6 is 0 Å². The number of hydrogen-bond donors (Lipinski definition) is 1. The Balaban J connectivity index is 1.45. The van der Waals surface area contributed by atoms with Crippen molar-refractivity contribution in [1.29, 1.82) is 0 Å². The summed E-state index contributed by atoms with van der Waals surface area (Å²) in [5.41, 5.74) is 10.0. The lowest BCUT2D eigenvalue weighted by molar-refractivity contribution is 0.974. The lowest BCUT2D eigenvalue weighted by Crippen LogP contribution is -1.98. The molecule has 1 aromatic heterocycles. The number of benzene rings is 3. The maximum absolute atomic E-state index is 4.84. The van der Waals surface area contributed by atoms with Crippen LogP contribution < -0.4 is 0 Å². The molecule has 0 radical (unpaired) electrons. The largest absolute Gasteiger partial charge is 0.361 e. The normalized spacial score (nSPS) is 11.9. The number of aromatic nitrogens is 1. The molecule has 0 saturated heterocycles. The zero-order chi connectivity index (χ0) is 20.2. The Morgan fingerprint density at radius 3 is 2.52 bits per heavy atom. The minimum atomic E-state index is 0.800. The van der Waals surface area contributed by atoms with Gasteiger partial charge in [-0.3, -0.25) is 4.99 Å². The molecule has 3 aromatic carbocycles. The van der Waals surface area contributed by atoms with Gasteiger partial charge < -0.3 is 4.98 Å². The van der Waals surface area contributed by atoms with Crippen molar-refractivity contribution >= 4 is 16.6 Å². The third-order valence-corrected chi connectivity index (χ3v) is 5.62. The van der Waals surface area contributed by atoms with Crippen LogP contribution in [0.15, 0.2) is 77.9 Å². The van der Waals surface area contributed by atoms with Crippen LogP contribution in [0.2, 0.25) is 0 Å². The number of aliphatic imine (C=N–C) groups is 1. The van der Waals surface area contributed by atoms with Crippen molar-refractivity contribution < 1.29 is 0 Å². The van der Waals surface area contributed by atoms with Crippen LogP contribution in [-0.2, 0) is 12.8 Å². The number of rotatable bonds is 6. The van der Waals surface area contributed by atoms with E-state index in [1.807, 2.05) is 0 Å². The fraction of sp³-hybridized carbons (Fsp3) is 0.222. The van der Waals surface area contributed by atoms with Crippen molar-refractivity contribution in [1.82, 2.24) is 4.98 Å². The lowest BCUT2D eigenvalue weighted by atomic mass is 10.0. The maximum Gasteiger partial charge on any atom is 0.0456 e. The van der Waals surface area contributed by atoms with E-state index in [0.29, 0.717) is 0 Å². The van der Waals surface area contributed by atoms with Gasteiger partial charge in [0.15, 0.2) is 0 Å². The van der Waals surface area contributed by atoms with Gasteiger partial charge in [0.05, 0.1) is 0 Å². The Labute approximate surface area is 173 Å². The Bertz CT molecular complexity index is 1150. The molecule has 4 rings (SSSR count). The summed E-state index contributed by atoms with van der Waals surface area (Å²) in [6.07, 6.45) is 4.15. The van der Waals surface area contributed by atoms with E-state index in [4.69, 9.17) is 4.99 Å². The van der Waals surface area contributed by atoms with E-state index < -0.39 is 0 Å².